The van der Waals surface area contributed by atoms with Gasteiger partial charge < -0.3 is 15.0 Å². The molecule has 1 amide bonds. The van der Waals surface area contributed by atoms with Crippen LogP contribution in [0.2, 0.25) is 0 Å². The Morgan fingerprint density at radius 2 is 1.79 bits per heavy atom. The van der Waals surface area contributed by atoms with Gasteiger partial charge in [-0.05, 0) is 48.6 Å². The summed E-state index contributed by atoms with van der Waals surface area (Å²) in [6.07, 6.45) is -2.85. The fourth-order valence-corrected chi connectivity index (χ4v) is 5.20. The number of nitrogens with zero attached hydrogens (tertiary/aromatic N) is 3. The van der Waals surface area contributed by atoms with E-state index in [1.54, 1.807) is 24.0 Å². The van der Waals surface area contributed by atoms with Gasteiger partial charge in [0, 0.05) is 13.1 Å². The molecule has 0 saturated carbocycles. The Morgan fingerprint density at radius 1 is 1.10 bits per heavy atom. The number of hydrogen-bond acceptors (Lipinski definition) is 8. The number of methoxy groups -OCH3 is 1. The Kier molecular flexibility index (Phi) is 9.26. The van der Waals surface area contributed by atoms with Crippen molar-refractivity contribution in [1.82, 2.24) is 15.1 Å². The minimum atomic E-state index is -4.85. The number of anilines is 1. The van der Waals surface area contributed by atoms with Crippen molar-refractivity contribution in [2.75, 3.05) is 31.4 Å². The summed E-state index contributed by atoms with van der Waals surface area (Å²) in [5.74, 6) is -1.37. The van der Waals surface area contributed by atoms with Crippen LogP contribution in [0.1, 0.15) is 62.5 Å². The van der Waals surface area contributed by atoms with Gasteiger partial charge in [-0.3, -0.25) is 8.98 Å². The highest BCUT2D eigenvalue weighted by Gasteiger charge is 2.44. The molecule has 4 rings (SSSR count). The van der Waals surface area contributed by atoms with Crippen LogP contribution in [0.3, 0.4) is 0 Å². The van der Waals surface area contributed by atoms with Crippen LogP contribution in [-0.4, -0.2) is 56.6 Å². The molecule has 0 fully saturated rings. The number of nitrogens with one attached hydrogen (secondary N) is 1. The van der Waals surface area contributed by atoms with Crippen molar-refractivity contribution in [1.29, 1.82) is 0 Å². The molecule has 1 aromatic heterocycles. The molecule has 226 valence electrons. The minimum absolute atomic E-state index is 0.0426. The number of carbonyl (C=O) groups excluding carboxylic acids is 2. The predicted octanol–water partition coefficient (Wildman–Crippen LogP) is 4.11. The van der Waals surface area contributed by atoms with E-state index >= 15 is 0 Å². The topological polar surface area (TPSA) is 120 Å². The summed E-state index contributed by atoms with van der Waals surface area (Å²) >= 11 is 0. The van der Waals surface area contributed by atoms with Crippen molar-refractivity contribution >= 4 is 27.8 Å². The summed E-state index contributed by atoms with van der Waals surface area (Å²) in [7, 11) is -2.27. The predicted molar refractivity (Wildman–Crippen MR) is 148 cm³/mol. The Labute approximate surface area is 241 Å². The number of halogens is 3. The lowest BCUT2D eigenvalue weighted by atomic mass is 10.0. The molecule has 0 saturated heterocycles. The third-order valence-electron chi connectivity index (χ3n) is 6.75. The van der Waals surface area contributed by atoms with Crippen molar-refractivity contribution in [3.8, 4) is 0 Å². The van der Waals surface area contributed by atoms with Crippen molar-refractivity contribution < 1.29 is 40.1 Å². The SMILES string of the molecule is COC(=O)c1ccc(C(C)NC(=O)c2c(C(F)(F)F)nn3c2N(Cc2cccc(CCCOS(C)(=O)=O)c2)CC3)cc1. The van der Waals surface area contributed by atoms with E-state index in [-0.39, 0.29) is 25.5 Å². The van der Waals surface area contributed by atoms with E-state index in [2.05, 4.69) is 15.2 Å². The fourth-order valence-electron chi connectivity index (χ4n) is 4.78. The van der Waals surface area contributed by atoms with Crippen LogP contribution in [0.25, 0.3) is 0 Å². The van der Waals surface area contributed by atoms with Gasteiger partial charge in [-0.25, -0.2) is 9.48 Å². The van der Waals surface area contributed by atoms with E-state index in [9.17, 15) is 31.2 Å². The van der Waals surface area contributed by atoms with E-state index in [0.29, 0.717) is 30.5 Å². The molecule has 0 spiro atoms. The number of esters is 1. The molecule has 2 aromatic carbocycles. The zero-order valence-electron chi connectivity index (χ0n) is 23.3. The monoisotopic (exact) mass is 608 g/mol. The molecular weight excluding hydrogens is 577 g/mol. The van der Waals surface area contributed by atoms with E-state index in [1.165, 1.54) is 23.9 Å². The second-order valence-electron chi connectivity index (χ2n) is 9.95. The summed E-state index contributed by atoms with van der Waals surface area (Å²) in [6, 6.07) is 13.0. The highest BCUT2D eigenvalue weighted by molar-refractivity contribution is 7.85. The molecule has 14 heteroatoms. The van der Waals surface area contributed by atoms with Gasteiger partial charge in [-0.15, -0.1) is 0 Å². The van der Waals surface area contributed by atoms with Gasteiger partial charge in [-0.2, -0.15) is 26.7 Å². The number of benzene rings is 2. The number of amides is 1. The highest BCUT2D eigenvalue weighted by Crippen LogP contribution is 2.38. The maximum absolute atomic E-state index is 14.0. The molecule has 0 aliphatic carbocycles. The second kappa shape index (κ2) is 12.5. The largest absolute Gasteiger partial charge is 0.465 e. The Balaban J connectivity index is 1.54. The van der Waals surface area contributed by atoms with Gasteiger partial charge in [-0.1, -0.05) is 36.4 Å². The standard InChI is InChI=1S/C28H31F3N4O6S/c1-18(21-9-11-22(12-10-21)27(37)40-2)32-25(36)23-24(28(29,30)31)33-35-14-13-34(26(23)35)17-20-7-4-6-19(16-20)8-5-15-41-42(3,38)39/h4,6-7,9-12,16,18H,5,8,13-15,17H2,1-3H3,(H,32,36). The first kappa shape index (κ1) is 31.0. The Morgan fingerprint density at radius 3 is 2.43 bits per heavy atom. The summed E-state index contributed by atoms with van der Waals surface area (Å²) in [5, 5.41) is 6.40. The number of aromatic nitrogens is 2. The molecule has 3 aromatic rings. The number of fused-ring (bicyclic) bond motifs is 1. The van der Waals surface area contributed by atoms with Gasteiger partial charge >= 0.3 is 12.1 Å². The lowest BCUT2D eigenvalue weighted by molar-refractivity contribution is -0.141. The van der Waals surface area contributed by atoms with Gasteiger partial charge in [0.2, 0.25) is 0 Å². The summed E-state index contributed by atoms with van der Waals surface area (Å²) in [5.41, 5.74) is 0.808. The molecular formula is C28H31F3N4O6S. The van der Waals surface area contributed by atoms with Crippen LogP contribution < -0.4 is 10.2 Å². The summed E-state index contributed by atoms with van der Waals surface area (Å²) < 4.78 is 75.1. The zero-order chi connectivity index (χ0) is 30.7. The van der Waals surface area contributed by atoms with Crippen molar-refractivity contribution in [3.05, 3.63) is 82.0 Å². The number of hydrogen-bond donors (Lipinski definition) is 1. The minimum Gasteiger partial charge on any atom is -0.465 e. The zero-order valence-corrected chi connectivity index (χ0v) is 24.1. The van der Waals surface area contributed by atoms with E-state index < -0.39 is 45.5 Å². The van der Waals surface area contributed by atoms with Gasteiger partial charge in [0.1, 0.15) is 11.4 Å². The Bertz CT molecular complexity index is 1550. The van der Waals surface area contributed by atoms with E-state index in [1.807, 2.05) is 24.3 Å². The molecule has 1 atom stereocenters. The van der Waals surface area contributed by atoms with Crippen LogP contribution in [-0.2, 0) is 44.7 Å². The van der Waals surface area contributed by atoms with Gasteiger partial charge in [0.05, 0.1) is 38.1 Å². The number of rotatable bonds is 11. The molecule has 1 aliphatic rings. The average molecular weight is 609 g/mol. The fraction of sp³-hybridized carbons (Fsp3) is 0.393. The van der Waals surface area contributed by atoms with Crippen LogP contribution >= 0.6 is 0 Å². The lowest BCUT2D eigenvalue weighted by Gasteiger charge is -2.21. The summed E-state index contributed by atoms with van der Waals surface area (Å²) in [6.45, 7) is 2.45. The first-order valence-electron chi connectivity index (χ1n) is 13.1. The third kappa shape index (κ3) is 7.48. The molecule has 1 unspecified atom stereocenters. The quantitative estimate of drug-likeness (QED) is 0.196. The highest BCUT2D eigenvalue weighted by atomic mass is 32.2. The maximum Gasteiger partial charge on any atom is 0.436 e. The number of alkyl halides is 3. The first-order valence-corrected chi connectivity index (χ1v) is 14.9. The first-order chi connectivity index (χ1) is 19.8. The number of ether oxygens (including phenoxy) is 1. The maximum atomic E-state index is 14.0. The number of carbonyl (C=O) groups is 2. The smallest absolute Gasteiger partial charge is 0.436 e. The number of aryl methyl sites for hydroxylation is 1. The molecule has 1 N–H and O–H groups in total. The van der Waals surface area contributed by atoms with Gasteiger partial charge in [0.15, 0.2) is 5.69 Å². The molecule has 10 nitrogen and oxygen atoms in total. The van der Waals surface area contributed by atoms with Crippen molar-refractivity contribution in [2.45, 2.75) is 45.1 Å². The molecule has 1 aliphatic heterocycles. The molecule has 0 radical (unpaired) electrons. The van der Waals surface area contributed by atoms with Crippen molar-refractivity contribution in [3.63, 3.8) is 0 Å². The Hall–Kier alpha value is -3.91. The van der Waals surface area contributed by atoms with Crippen LogP contribution in [0.4, 0.5) is 19.0 Å². The lowest BCUT2D eigenvalue weighted by Crippen LogP contribution is -2.31. The van der Waals surface area contributed by atoms with Crippen LogP contribution in [0, 0.1) is 0 Å². The van der Waals surface area contributed by atoms with E-state index in [4.69, 9.17) is 4.18 Å². The molecule has 0 bridgehead atoms. The van der Waals surface area contributed by atoms with Gasteiger partial charge in [0.25, 0.3) is 16.0 Å². The average Bonchev–Trinajstić information content (AvgIpc) is 3.51. The molecule has 2 heterocycles. The second-order valence-corrected chi connectivity index (χ2v) is 11.6. The van der Waals surface area contributed by atoms with Crippen molar-refractivity contribution in [2.24, 2.45) is 0 Å². The molecule has 42 heavy (non-hydrogen) atoms. The third-order valence-corrected chi connectivity index (χ3v) is 7.35. The van der Waals surface area contributed by atoms with Crippen LogP contribution in [0.15, 0.2) is 48.5 Å². The normalized spacial score (nSPS) is 14.0. The summed E-state index contributed by atoms with van der Waals surface area (Å²) in [4.78, 5) is 26.8. The van der Waals surface area contributed by atoms with E-state index in [0.717, 1.165) is 17.4 Å². The van der Waals surface area contributed by atoms with Crippen LogP contribution in [0.5, 0.6) is 0 Å².